The highest BCUT2D eigenvalue weighted by Crippen LogP contribution is 2.19. The molecule has 4 heterocycles. The van der Waals surface area contributed by atoms with Gasteiger partial charge in [0.2, 0.25) is 0 Å². The van der Waals surface area contributed by atoms with Gasteiger partial charge in [-0.1, -0.05) is 0 Å². The minimum atomic E-state index is -0.384. The summed E-state index contributed by atoms with van der Waals surface area (Å²) in [5.41, 5.74) is 1.50. The maximum atomic E-state index is 12.9. The molecule has 1 amide bonds. The fraction of sp³-hybridized carbons (Fsp3) is 0.353. The molecule has 9 heteroatoms. The molecule has 0 bridgehead atoms. The molecule has 1 aliphatic heterocycles. The van der Waals surface area contributed by atoms with E-state index in [0.29, 0.717) is 35.0 Å². The van der Waals surface area contributed by atoms with Crippen LogP contribution < -0.4 is 11.1 Å². The third kappa shape index (κ3) is 2.47. The van der Waals surface area contributed by atoms with Crippen LogP contribution in [0.25, 0.3) is 4.96 Å². The number of hydrogen-bond donors (Lipinski definition) is 1. The maximum absolute atomic E-state index is 12.9. The van der Waals surface area contributed by atoms with Gasteiger partial charge in [-0.05, 0) is 27.2 Å². The summed E-state index contributed by atoms with van der Waals surface area (Å²) in [6.45, 7) is 6.04. The highest BCUT2D eigenvalue weighted by Gasteiger charge is 2.27. The molecule has 3 aromatic heterocycles. The molecular weight excluding hydrogens is 354 g/mol. The van der Waals surface area contributed by atoms with E-state index in [1.807, 2.05) is 13.8 Å². The van der Waals surface area contributed by atoms with Crippen LogP contribution in [0.2, 0.25) is 0 Å². The van der Waals surface area contributed by atoms with Gasteiger partial charge >= 0.3 is 0 Å². The summed E-state index contributed by atoms with van der Waals surface area (Å²) >= 11 is 1.42. The number of hydrogen-bond acceptors (Lipinski definition) is 6. The summed E-state index contributed by atoms with van der Waals surface area (Å²) in [7, 11) is 0. The molecule has 3 aromatic rings. The molecule has 1 aliphatic rings. The number of aromatic amines is 1. The zero-order valence-corrected chi connectivity index (χ0v) is 15.4. The van der Waals surface area contributed by atoms with E-state index in [0.717, 1.165) is 10.6 Å². The van der Waals surface area contributed by atoms with Crippen molar-refractivity contribution in [3.05, 3.63) is 60.1 Å². The quantitative estimate of drug-likeness (QED) is 0.687. The fourth-order valence-electron chi connectivity index (χ4n) is 3.23. The number of carbonyl (C=O) groups is 1. The first-order valence-electron chi connectivity index (χ1n) is 8.22. The SMILES string of the molecule is Cc1nc2c(c(=O)[nH]1)CCN(C(=O)c1cnc3sc(C)c(C)n3c1=O)C2. The molecule has 1 N–H and O–H groups in total. The Bertz CT molecular complexity index is 1170. The zero-order valence-electron chi connectivity index (χ0n) is 14.6. The summed E-state index contributed by atoms with van der Waals surface area (Å²) < 4.78 is 1.48. The highest BCUT2D eigenvalue weighted by atomic mass is 32.1. The number of aromatic nitrogens is 4. The van der Waals surface area contributed by atoms with Gasteiger partial charge in [0, 0.05) is 28.9 Å². The Labute approximate surface area is 152 Å². The molecular formula is C17H17N5O3S. The molecule has 0 spiro atoms. The second-order valence-corrected chi connectivity index (χ2v) is 7.57. The Morgan fingerprint density at radius 3 is 2.81 bits per heavy atom. The predicted octanol–water partition coefficient (Wildman–Crippen LogP) is 0.963. The smallest absolute Gasteiger partial charge is 0.271 e. The van der Waals surface area contributed by atoms with E-state index in [1.54, 1.807) is 11.8 Å². The number of fused-ring (bicyclic) bond motifs is 2. The molecule has 0 saturated carbocycles. The lowest BCUT2D eigenvalue weighted by Crippen LogP contribution is -2.41. The third-order valence-electron chi connectivity index (χ3n) is 4.73. The van der Waals surface area contributed by atoms with E-state index < -0.39 is 0 Å². The summed E-state index contributed by atoms with van der Waals surface area (Å²) in [5, 5.41) is 0. The van der Waals surface area contributed by atoms with Crippen LogP contribution >= 0.6 is 11.3 Å². The normalized spacial score (nSPS) is 13.9. The van der Waals surface area contributed by atoms with E-state index in [4.69, 9.17) is 0 Å². The first-order valence-corrected chi connectivity index (χ1v) is 9.04. The molecule has 0 atom stereocenters. The van der Waals surface area contributed by atoms with Crippen LogP contribution in [0.3, 0.4) is 0 Å². The molecule has 4 rings (SSSR count). The van der Waals surface area contributed by atoms with Gasteiger partial charge in [-0.2, -0.15) is 0 Å². The number of H-pyrrole nitrogens is 1. The second kappa shape index (κ2) is 5.87. The van der Waals surface area contributed by atoms with Gasteiger partial charge < -0.3 is 9.88 Å². The van der Waals surface area contributed by atoms with Crippen molar-refractivity contribution in [2.45, 2.75) is 33.7 Å². The molecule has 134 valence electrons. The van der Waals surface area contributed by atoms with Crippen molar-refractivity contribution in [3.8, 4) is 0 Å². The van der Waals surface area contributed by atoms with E-state index in [2.05, 4.69) is 15.0 Å². The van der Waals surface area contributed by atoms with Crippen molar-refractivity contribution in [1.82, 2.24) is 24.3 Å². The van der Waals surface area contributed by atoms with Crippen LogP contribution in [0.4, 0.5) is 0 Å². The van der Waals surface area contributed by atoms with Gasteiger partial charge in [0.15, 0.2) is 4.96 Å². The van der Waals surface area contributed by atoms with Crippen molar-refractivity contribution in [3.63, 3.8) is 0 Å². The number of aryl methyl sites for hydroxylation is 3. The Balaban J connectivity index is 1.74. The minimum absolute atomic E-state index is 0.0356. The second-order valence-electron chi connectivity index (χ2n) is 6.39. The van der Waals surface area contributed by atoms with Crippen LogP contribution in [-0.4, -0.2) is 36.7 Å². The fourth-order valence-corrected chi connectivity index (χ4v) is 4.16. The third-order valence-corrected chi connectivity index (χ3v) is 5.80. The van der Waals surface area contributed by atoms with Crippen molar-refractivity contribution in [1.29, 1.82) is 0 Å². The molecule has 26 heavy (non-hydrogen) atoms. The molecule has 0 saturated heterocycles. The first-order chi connectivity index (χ1) is 12.4. The number of amides is 1. The Hall–Kier alpha value is -2.81. The summed E-state index contributed by atoms with van der Waals surface area (Å²) in [6.07, 6.45) is 1.76. The van der Waals surface area contributed by atoms with Crippen LogP contribution in [0.1, 0.15) is 38.0 Å². The lowest BCUT2D eigenvalue weighted by atomic mass is 10.1. The van der Waals surface area contributed by atoms with Crippen molar-refractivity contribution in [2.75, 3.05) is 6.54 Å². The van der Waals surface area contributed by atoms with E-state index in [1.165, 1.54) is 21.9 Å². The van der Waals surface area contributed by atoms with Gasteiger partial charge in [0.05, 0.1) is 12.2 Å². The minimum Gasteiger partial charge on any atom is -0.332 e. The largest absolute Gasteiger partial charge is 0.332 e. The van der Waals surface area contributed by atoms with E-state index >= 15 is 0 Å². The average molecular weight is 371 g/mol. The van der Waals surface area contributed by atoms with Crippen LogP contribution in [0, 0.1) is 20.8 Å². The number of carbonyl (C=O) groups excluding carboxylic acids is 1. The van der Waals surface area contributed by atoms with Crippen LogP contribution in [0.15, 0.2) is 15.8 Å². The molecule has 0 aromatic carbocycles. The van der Waals surface area contributed by atoms with Crippen molar-refractivity contribution in [2.24, 2.45) is 0 Å². The number of thiazole rings is 1. The van der Waals surface area contributed by atoms with E-state index in [9.17, 15) is 14.4 Å². The van der Waals surface area contributed by atoms with Gasteiger partial charge in [0.1, 0.15) is 11.4 Å². The summed E-state index contributed by atoms with van der Waals surface area (Å²) in [5.74, 6) is 0.126. The summed E-state index contributed by atoms with van der Waals surface area (Å²) in [4.78, 5) is 52.2. The van der Waals surface area contributed by atoms with Crippen LogP contribution in [-0.2, 0) is 13.0 Å². The topological polar surface area (TPSA) is 100 Å². The standard InChI is InChI=1S/C17H17N5O3S/c1-8-9(2)26-17-18-6-12(16(25)22(8)17)15(24)21-5-4-11-13(7-21)19-10(3)20-14(11)23/h6H,4-5,7H2,1-3H3,(H,19,20,23). The highest BCUT2D eigenvalue weighted by molar-refractivity contribution is 7.17. The predicted molar refractivity (Wildman–Crippen MR) is 96.9 cm³/mol. The number of rotatable bonds is 1. The Kier molecular flexibility index (Phi) is 3.76. The van der Waals surface area contributed by atoms with Gasteiger partial charge in [-0.25, -0.2) is 9.97 Å². The molecule has 0 fully saturated rings. The van der Waals surface area contributed by atoms with Gasteiger partial charge in [-0.3, -0.25) is 18.8 Å². The first kappa shape index (κ1) is 16.6. The molecule has 8 nitrogen and oxygen atoms in total. The molecule has 0 radical (unpaired) electrons. The maximum Gasteiger partial charge on any atom is 0.271 e. The van der Waals surface area contributed by atoms with Gasteiger partial charge in [0.25, 0.3) is 17.0 Å². The molecule has 0 aliphatic carbocycles. The summed E-state index contributed by atoms with van der Waals surface area (Å²) in [6, 6.07) is 0. The lowest BCUT2D eigenvalue weighted by Gasteiger charge is -2.27. The van der Waals surface area contributed by atoms with Crippen molar-refractivity contribution < 1.29 is 4.79 Å². The Morgan fingerprint density at radius 1 is 1.27 bits per heavy atom. The number of nitrogens with zero attached hydrogens (tertiary/aromatic N) is 4. The zero-order chi connectivity index (χ0) is 18.6. The lowest BCUT2D eigenvalue weighted by molar-refractivity contribution is 0.0728. The van der Waals surface area contributed by atoms with Crippen molar-refractivity contribution >= 4 is 22.2 Å². The Morgan fingerprint density at radius 2 is 2.04 bits per heavy atom. The van der Waals surface area contributed by atoms with Crippen LogP contribution in [0.5, 0.6) is 0 Å². The monoisotopic (exact) mass is 371 g/mol. The molecule has 0 unspecified atom stereocenters. The number of nitrogens with one attached hydrogen (secondary N) is 1. The average Bonchev–Trinajstić information content (AvgIpc) is 2.89. The van der Waals surface area contributed by atoms with Gasteiger partial charge in [-0.15, -0.1) is 11.3 Å². The van der Waals surface area contributed by atoms with E-state index in [-0.39, 0.29) is 29.1 Å².